The Balaban J connectivity index is 1.65. The molecule has 0 amide bonds. The molecule has 7 nitrogen and oxygen atoms in total. The molecule has 11 heteroatoms. The summed E-state index contributed by atoms with van der Waals surface area (Å²) in [5, 5.41) is 0. The maximum absolute atomic E-state index is 13.4. The molecule has 39 heavy (non-hydrogen) atoms. The smallest absolute Gasteiger partial charge is 0.489 e. The van der Waals surface area contributed by atoms with E-state index in [0.29, 0.717) is 11.1 Å². The van der Waals surface area contributed by atoms with Crippen LogP contribution in [0.3, 0.4) is 0 Å². The van der Waals surface area contributed by atoms with Crippen LogP contribution in [0.5, 0.6) is 17.2 Å². The molecule has 0 radical (unpaired) electrons. The van der Waals surface area contributed by atoms with E-state index in [0.717, 1.165) is 11.6 Å². The molecule has 5 rings (SSSR count). The Bertz CT molecular complexity index is 1550. The third-order valence-corrected chi connectivity index (χ3v) is 6.74. The number of esters is 1. The first-order chi connectivity index (χ1) is 18.6. The summed E-state index contributed by atoms with van der Waals surface area (Å²) in [6.45, 7) is -0.0158. The van der Waals surface area contributed by atoms with Crippen molar-refractivity contribution in [2.75, 3.05) is 0 Å². The van der Waals surface area contributed by atoms with Crippen LogP contribution in [0.2, 0.25) is 0 Å². The van der Waals surface area contributed by atoms with Crippen molar-refractivity contribution in [3.05, 3.63) is 125 Å². The number of carbonyl (C=O) groups excluding carboxylic acids is 1. The average molecular weight is 557 g/mol. The molecule has 200 valence electrons. The summed E-state index contributed by atoms with van der Waals surface area (Å²) in [6, 6.07) is 27.8. The first-order valence-electron chi connectivity index (χ1n) is 11.5. The van der Waals surface area contributed by atoms with E-state index in [4.69, 9.17) is 14.2 Å². The molecular weight excluding hydrogens is 537 g/mol. The number of fused-ring (bicyclic) bond motifs is 1. The van der Waals surface area contributed by atoms with Crippen molar-refractivity contribution in [2.24, 2.45) is 0 Å². The van der Waals surface area contributed by atoms with E-state index < -0.39 is 38.7 Å². The number of hydrogen-bond donors (Lipinski definition) is 0. The van der Waals surface area contributed by atoms with Crippen molar-refractivity contribution in [3.63, 3.8) is 0 Å². The number of halogens is 3. The van der Waals surface area contributed by atoms with Crippen LogP contribution in [0.4, 0.5) is 13.2 Å². The van der Waals surface area contributed by atoms with Gasteiger partial charge in [-0.05, 0) is 5.56 Å². The van der Waals surface area contributed by atoms with E-state index in [1.807, 2.05) is 0 Å². The number of carbonyl (C=O) groups is 1. The van der Waals surface area contributed by atoms with Crippen LogP contribution in [0.25, 0.3) is 0 Å². The molecule has 0 unspecified atom stereocenters. The van der Waals surface area contributed by atoms with Crippen LogP contribution in [0.15, 0.2) is 103 Å². The molecule has 1 aliphatic heterocycles. The van der Waals surface area contributed by atoms with Gasteiger partial charge in [-0.1, -0.05) is 91.0 Å². The topological polar surface area (TPSA) is 88.1 Å². The van der Waals surface area contributed by atoms with Crippen molar-refractivity contribution in [1.29, 1.82) is 0 Å². The number of cyclic esters (lactones) is 1. The molecule has 1 aliphatic rings. The molecule has 0 atom stereocenters. The van der Waals surface area contributed by atoms with Gasteiger partial charge >= 0.3 is 27.4 Å². The monoisotopic (exact) mass is 556 g/mol. The Morgan fingerprint density at radius 2 is 1.31 bits per heavy atom. The summed E-state index contributed by atoms with van der Waals surface area (Å²) < 4.78 is 85.4. The van der Waals surface area contributed by atoms with Crippen LogP contribution in [-0.2, 0) is 27.2 Å². The van der Waals surface area contributed by atoms with Gasteiger partial charge in [0.15, 0.2) is 5.75 Å². The lowest BCUT2D eigenvalue weighted by atomic mass is 9.95. The number of rotatable bonds is 7. The number of ether oxygens (including phenoxy) is 3. The third kappa shape index (κ3) is 5.13. The molecule has 0 saturated heterocycles. The highest BCUT2D eigenvalue weighted by Gasteiger charge is 2.51. The molecule has 1 heterocycles. The fourth-order valence-corrected chi connectivity index (χ4v) is 4.44. The van der Waals surface area contributed by atoms with Gasteiger partial charge in [0.1, 0.15) is 23.7 Å². The molecule has 4 aromatic carbocycles. The van der Waals surface area contributed by atoms with Crippen LogP contribution >= 0.6 is 0 Å². The number of hydrogen-bond acceptors (Lipinski definition) is 7. The van der Waals surface area contributed by atoms with Crippen molar-refractivity contribution in [3.8, 4) is 17.2 Å². The van der Waals surface area contributed by atoms with Crippen molar-refractivity contribution in [1.82, 2.24) is 0 Å². The number of alkyl halides is 3. The maximum atomic E-state index is 13.4. The molecule has 0 spiro atoms. The van der Waals surface area contributed by atoms with Gasteiger partial charge < -0.3 is 18.4 Å². The summed E-state index contributed by atoms with van der Waals surface area (Å²) in [6.07, 6.45) is 0. The van der Waals surface area contributed by atoms with E-state index in [-0.39, 0.29) is 18.1 Å². The zero-order valence-corrected chi connectivity index (χ0v) is 20.7. The summed E-state index contributed by atoms with van der Waals surface area (Å²) >= 11 is 0. The highest BCUT2D eigenvalue weighted by molar-refractivity contribution is 7.88. The van der Waals surface area contributed by atoms with Crippen LogP contribution in [0.1, 0.15) is 27.0 Å². The molecule has 0 aromatic heterocycles. The third-order valence-electron chi connectivity index (χ3n) is 5.77. The van der Waals surface area contributed by atoms with E-state index in [9.17, 15) is 26.4 Å². The van der Waals surface area contributed by atoms with E-state index >= 15 is 0 Å². The Hall–Kier alpha value is -4.51. The lowest BCUT2D eigenvalue weighted by Gasteiger charge is -2.38. The molecular formula is C28H19F3O7S. The van der Waals surface area contributed by atoms with Gasteiger partial charge in [0.25, 0.3) is 0 Å². The van der Waals surface area contributed by atoms with E-state index in [1.165, 1.54) is 6.07 Å². The SMILES string of the molecule is O=C1OC(c2ccccc2)(c2ccccc2)Oc2cc(OCc3ccccc3)cc(OS(=O)(=O)C(F)(F)F)c21. The normalized spacial score (nSPS) is 14.5. The van der Waals surface area contributed by atoms with Crippen LogP contribution in [0, 0.1) is 0 Å². The van der Waals surface area contributed by atoms with Gasteiger partial charge in [0, 0.05) is 23.3 Å². The molecule has 4 aromatic rings. The van der Waals surface area contributed by atoms with Gasteiger partial charge in [0.2, 0.25) is 0 Å². The Labute approximate surface area is 221 Å². The van der Waals surface area contributed by atoms with Gasteiger partial charge in [-0.3, -0.25) is 0 Å². The van der Waals surface area contributed by atoms with Gasteiger partial charge in [0.05, 0.1) is 0 Å². The van der Waals surface area contributed by atoms with Gasteiger partial charge in [-0.2, -0.15) is 21.6 Å². The summed E-state index contributed by atoms with van der Waals surface area (Å²) in [7, 11) is -6.14. The molecule has 0 fully saturated rings. The second-order valence-corrected chi connectivity index (χ2v) is 9.93. The minimum Gasteiger partial charge on any atom is -0.489 e. The largest absolute Gasteiger partial charge is 0.534 e. The summed E-state index contributed by atoms with van der Waals surface area (Å²) in [5.41, 5.74) is -4.87. The minimum absolute atomic E-state index is 0.0158. The Morgan fingerprint density at radius 1 is 0.769 bits per heavy atom. The zero-order chi connectivity index (χ0) is 27.7. The Morgan fingerprint density at radius 3 is 1.85 bits per heavy atom. The van der Waals surface area contributed by atoms with Crippen LogP contribution in [-0.4, -0.2) is 19.9 Å². The molecule has 0 N–H and O–H groups in total. The average Bonchev–Trinajstić information content (AvgIpc) is 2.92. The predicted octanol–water partition coefficient (Wildman–Crippen LogP) is 5.94. The minimum atomic E-state index is -6.14. The predicted molar refractivity (Wildman–Crippen MR) is 133 cm³/mol. The molecule has 0 bridgehead atoms. The quantitative estimate of drug-likeness (QED) is 0.158. The first kappa shape index (κ1) is 26.1. The van der Waals surface area contributed by atoms with Crippen LogP contribution < -0.4 is 13.7 Å². The fourth-order valence-electron chi connectivity index (χ4n) is 3.98. The lowest BCUT2D eigenvalue weighted by molar-refractivity contribution is -0.131. The highest BCUT2D eigenvalue weighted by Crippen LogP contribution is 2.47. The van der Waals surface area contributed by atoms with Crippen molar-refractivity contribution < 1.29 is 44.8 Å². The van der Waals surface area contributed by atoms with Crippen molar-refractivity contribution >= 4 is 16.1 Å². The maximum Gasteiger partial charge on any atom is 0.534 e. The fraction of sp³-hybridized carbons (Fsp3) is 0.107. The number of benzene rings is 4. The standard InChI is InChI=1S/C28H19F3O7S/c29-28(30,31)39(33,34)38-24-17-22(35-18-19-10-4-1-5-11-19)16-23-25(24)26(32)37-27(36-23,20-12-6-2-7-13-20)21-14-8-3-9-15-21/h1-17H,18H2. The first-order valence-corrected chi connectivity index (χ1v) is 12.9. The highest BCUT2D eigenvalue weighted by atomic mass is 32.2. The van der Waals surface area contributed by atoms with E-state index in [1.54, 1.807) is 91.0 Å². The lowest BCUT2D eigenvalue weighted by Crippen LogP contribution is -2.43. The summed E-state index contributed by atoms with van der Waals surface area (Å²) in [4.78, 5) is 13.4. The zero-order valence-electron chi connectivity index (χ0n) is 19.9. The Kier molecular flexibility index (Phi) is 6.69. The van der Waals surface area contributed by atoms with Gasteiger partial charge in [-0.25, -0.2) is 4.79 Å². The second-order valence-electron chi connectivity index (χ2n) is 8.39. The molecule has 0 saturated carbocycles. The van der Waals surface area contributed by atoms with Gasteiger partial charge in [-0.15, -0.1) is 0 Å². The van der Waals surface area contributed by atoms with Crippen molar-refractivity contribution in [2.45, 2.75) is 17.9 Å². The summed E-state index contributed by atoms with van der Waals surface area (Å²) in [5.74, 6) is -4.35. The van der Waals surface area contributed by atoms with E-state index in [2.05, 4.69) is 4.18 Å². The molecule has 0 aliphatic carbocycles. The second kappa shape index (κ2) is 9.99.